The molecule has 3 unspecified atom stereocenters. The van der Waals surface area contributed by atoms with Crippen molar-refractivity contribution in [2.24, 2.45) is 5.41 Å². The van der Waals surface area contributed by atoms with Crippen molar-refractivity contribution in [1.29, 1.82) is 0 Å². The summed E-state index contributed by atoms with van der Waals surface area (Å²) in [6.45, 7) is 12.6. The summed E-state index contributed by atoms with van der Waals surface area (Å²) in [4.78, 5) is 2.57. The molecule has 0 aromatic heterocycles. The van der Waals surface area contributed by atoms with Crippen LogP contribution >= 0.6 is 0 Å². The van der Waals surface area contributed by atoms with E-state index >= 15 is 0 Å². The minimum atomic E-state index is -0.663. The minimum Gasteiger partial charge on any atom is -0.312 e. The highest BCUT2D eigenvalue weighted by Gasteiger charge is 2.29. The smallest absolute Gasteiger partial charge is 0.0246 e. The van der Waals surface area contributed by atoms with Crippen molar-refractivity contribution in [3.8, 4) is 0 Å². The highest BCUT2D eigenvalue weighted by molar-refractivity contribution is 7.84. The molecule has 0 saturated carbocycles. The first-order valence-electron chi connectivity index (χ1n) is 7.08. The molecule has 1 aliphatic heterocycles. The van der Waals surface area contributed by atoms with E-state index in [-0.39, 0.29) is 0 Å². The molecule has 18 heavy (non-hydrogen) atoms. The van der Waals surface area contributed by atoms with Crippen LogP contribution in [0, 0.1) is 5.41 Å². The lowest BCUT2D eigenvalue weighted by molar-refractivity contribution is 0.159. The number of nitrogens with one attached hydrogen (secondary N) is 1. The normalized spacial score (nSPS) is 26.6. The second-order valence-electron chi connectivity index (χ2n) is 6.64. The molecule has 0 radical (unpaired) electrons. The summed E-state index contributed by atoms with van der Waals surface area (Å²) in [5.74, 6) is 0.825. The first kappa shape index (κ1) is 16.1. The molecule has 0 bridgehead atoms. The molecule has 0 aromatic carbocycles. The topological polar surface area (TPSA) is 32.3 Å². The van der Waals surface area contributed by atoms with E-state index in [1.807, 2.05) is 0 Å². The first-order chi connectivity index (χ1) is 8.30. The molecule has 0 amide bonds. The maximum atomic E-state index is 11.2. The Morgan fingerprint density at radius 2 is 2.11 bits per heavy atom. The summed E-state index contributed by atoms with van der Waals surface area (Å²) >= 11 is 0. The van der Waals surface area contributed by atoms with Gasteiger partial charge in [-0.1, -0.05) is 20.8 Å². The lowest BCUT2D eigenvalue weighted by Gasteiger charge is -2.36. The highest BCUT2D eigenvalue weighted by Crippen LogP contribution is 2.23. The predicted octanol–water partition coefficient (Wildman–Crippen LogP) is 1.85. The van der Waals surface area contributed by atoms with Crippen molar-refractivity contribution in [2.45, 2.75) is 52.6 Å². The molecule has 3 nitrogen and oxygen atoms in total. The van der Waals surface area contributed by atoms with E-state index in [1.54, 1.807) is 6.26 Å². The van der Waals surface area contributed by atoms with Crippen LogP contribution in [0.3, 0.4) is 0 Å². The number of rotatable bonds is 4. The van der Waals surface area contributed by atoms with Crippen LogP contribution in [0.2, 0.25) is 0 Å². The SMILES string of the molecule is CC(CCS(C)=O)N1CCCNC(C(C)(C)C)C1. The predicted molar refractivity (Wildman–Crippen MR) is 80.4 cm³/mol. The summed E-state index contributed by atoms with van der Waals surface area (Å²) in [7, 11) is -0.663. The maximum Gasteiger partial charge on any atom is 0.0246 e. The molecule has 0 spiro atoms. The fourth-order valence-electron chi connectivity index (χ4n) is 2.45. The lowest BCUT2D eigenvalue weighted by Crippen LogP contribution is -2.48. The molecule has 0 aromatic rings. The van der Waals surface area contributed by atoms with Gasteiger partial charge in [-0.25, -0.2) is 0 Å². The third kappa shape index (κ3) is 5.37. The van der Waals surface area contributed by atoms with Gasteiger partial charge in [-0.3, -0.25) is 9.11 Å². The molecule has 108 valence electrons. The van der Waals surface area contributed by atoms with E-state index in [4.69, 9.17) is 0 Å². The van der Waals surface area contributed by atoms with Crippen molar-refractivity contribution in [3.63, 3.8) is 0 Å². The van der Waals surface area contributed by atoms with Gasteiger partial charge < -0.3 is 5.32 Å². The van der Waals surface area contributed by atoms with Crippen LogP contribution in [-0.4, -0.2) is 52.8 Å². The molecule has 4 heteroatoms. The molecule has 3 atom stereocenters. The van der Waals surface area contributed by atoms with Gasteiger partial charge in [0.15, 0.2) is 0 Å². The van der Waals surface area contributed by atoms with Crippen LogP contribution < -0.4 is 5.32 Å². The molecule has 1 fully saturated rings. The van der Waals surface area contributed by atoms with Crippen molar-refractivity contribution in [2.75, 3.05) is 31.6 Å². The molecular weight excluding hydrogens is 244 g/mol. The van der Waals surface area contributed by atoms with Gasteiger partial charge in [0, 0.05) is 41.4 Å². The standard InChI is InChI=1S/C14H30N2OS/c1-12(7-10-18(5)17)16-9-6-8-15-13(11-16)14(2,3)4/h12-13,15H,6-11H2,1-5H3. The first-order valence-corrected chi connectivity index (χ1v) is 8.81. The zero-order valence-electron chi connectivity index (χ0n) is 12.7. The Kier molecular flexibility index (Phi) is 6.28. The van der Waals surface area contributed by atoms with Gasteiger partial charge in [0.05, 0.1) is 0 Å². The van der Waals surface area contributed by atoms with Gasteiger partial charge in [-0.05, 0) is 38.3 Å². The Balaban J connectivity index is 2.55. The average Bonchev–Trinajstić information content (AvgIpc) is 2.50. The van der Waals surface area contributed by atoms with Gasteiger partial charge in [0.1, 0.15) is 0 Å². The van der Waals surface area contributed by atoms with E-state index in [9.17, 15) is 4.21 Å². The molecule has 1 N–H and O–H groups in total. The molecular formula is C14H30N2OS. The Bertz CT molecular complexity index is 275. The Hall–Kier alpha value is 0.0700. The van der Waals surface area contributed by atoms with E-state index in [1.165, 1.54) is 6.42 Å². The third-order valence-corrected chi connectivity index (χ3v) is 4.73. The van der Waals surface area contributed by atoms with Crippen LogP contribution in [0.5, 0.6) is 0 Å². The van der Waals surface area contributed by atoms with Crippen molar-refractivity contribution in [3.05, 3.63) is 0 Å². The fourth-order valence-corrected chi connectivity index (χ4v) is 3.12. The van der Waals surface area contributed by atoms with Crippen molar-refractivity contribution in [1.82, 2.24) is 10.2 Å². The van der Waals surface area contributed by atoms with Crippen molar-refractivity contribution < 1.29 is 4.21 Å². The minimum absolute atomic E-state index is 0.301. The van der Waals surface area contributed by atoms with Gasteiger partial charge in [0.25, 0.3) is 0 Å². The van der Waals surface area contributed by atoms with Gasteiger partial charge >= 0.3 is 0 Å². The lowest BCUT2D eigenvalue weighted by atomic mass is 9.86. The van der Waals surface area contributed by atoms with Crippen LogP contribution in [0.15, 0.2) is 0 Å². The maximum absolute atomic E-state index is 11.2. The van der Waals surface area contributed by atoms with Gasteiger partial charge in [-0.2, -0.15) is 0 Å². The Morgan fingerprint density at radius 1 is 1.44 bits per heavy atom. The quantitative estimate of drug-likeness (QED) is 0.849. The zero-order valence-corrected chi connectivity index (χ0v) is 13.5. The Morgan fingerprint density at radius 3 is 2.67 bits per heavy atom. The monoisotopic (exact) mass is 274 g/mol. The van der Waals surface area contributed by atoms with Crippen LogP contribution in [0.4, 0.5) is 0 Å². The second kappa shape index (κ2) is 7.01. The molecule has 0 aliphatic carbocycles. The number of hydrogen-bond donors (Lipinski definition) is 1. The summed E-state index contributed by atoms with van der Waals surface area (Å²) < 4.78 is 11.2. The largest absolute Gasteiger partial charge is 0.312 e. The Labute approximate surface area is 115 Å². The van der Waals surface area contributed by atoms with E-state index in [0.29, 0.717) is 17.5 Å². The summed E-state index contributed by atoms with van der Waals surface area (Å²) in [6.07, 6.45) is 4.06. The summed E-state index contributed by atoms with van der Waals surface area (Å²) in [5.41, 5.74) is 0.301. The van der Waals surface area contributed by atoms with Gasteiger partial charge in [0.2, 0.25) is 0 Å². The molecule has 1 saturated heterocycles. The summed E-state index contributed by atoms with van der Waals surface area (Å²) in [5, 5.41) is 3.67. The molecule has 1 rings (SSSR count). The summed E-state index contributed by atoms with van der Waals surface area (Å²) in [6, 6.07) is 1.09. The number of hydrogen-bond acceptors (Lipinski definition) is 3. The van der Waals surface area contributed by atoms with Crippen LogP contribution in [0.25, 0.3) is 0 Å². The van der Waals surface area contributed by atoms with E-state index in [0.717, 1.165) is 31.8 Å². The fraction of sp³-hybridized carbons (Fsp3) is 1.00. The van der Waals surface area contributed by atoms with Crippen molar-refractivity contribution >= 4 is 10.8 Å². The van der Waals surface area contributed by atoms with Gasteiger partial charge in [-0.15, -0.1) is 0 Å². The highest BCUT2D eigenvalue weighted by atomic mass is 32.2. The van der Waals surface area contributed by atoms with E-state index in [2.05, 4.69) is 37.9 Å². The molecule has 1 aliphatic rings. The molecule has 1 heterocycles. The van der Waals surface area contributed by atoms with Crippen LogP contribution in [-0.2, 0) is 10.8 Å². The van der Waals surface area contributed by atoms with E-state index < -0.39 is 10.8 Å². The average molecular weight is 274 g/mol. The van der Waals surface area contributed by atoms with Crippen LogP contribution in [0.1, 0.15) is 40.5 Å². The third-order valence-electron chi connectivity index (χ3n) is 3.92. The second-order valence-corrected chi connectivity index (χ2v) is 8.19. The number of nitrogens with zero attached hydrogens (tertiary/aromatic N) is 1. The zero-order chi connectivity index (χ0) is 13.8.